The zero-order valence-electron chi connectivity index (χ0n) is 17.1. The number of pyridine rings is 1. The van der Waals surface area contributed by atoms with Crippen molar-refractivity contribution in [3.05, 3.63) is 96.3 Å². The molecule has 0 saturated heterocycles. The van der Waals surface area contributed by atoms with Crippen LogP contribution in [0.3, 0.4) is 0 Å². The number of methoxy groups -OCH3 is 1. The number of aryl methyl sites for hydroxylation is 1. The fourth-order valence-corrected chi connectivity index (χ4v) is 3.26. The van der Waals surface area contributed by atoms with Gasteiger partial charge in [0, 0.05) is 11.8 Å². The molecular formula is C25H22N2O4. The van der Waals surface area contributed by atoms with Crippen LogP contribution in [0.25, 0.3) is 22.5 Å². The van der Waals surface area contributed by atoms with Crippen molar-refractivity contribution in [1.82, 2.24) is 9.97 Å². The molecule has 0 radical (unpaired) electrons. The largest absolute Gasteiger partial charge is 0.464 e. The molecule has 6 nitrogen and oxygen atoms in total. The quantitative estimate of drug-likeness (QED) is 0.435. The topological polar surface area (TPSA) is 85.5 Å². The third kappa shape index (κ3) is 4.87. The number of rotatable bonds is 7. The Balaban J connectivity index is 1.37. The van der Waals surface area contributed by atoms with Crippen LogP contribution in [-0.2, 0) is 11.2 Å². The van der Waals surface area contributed by atoms with Crippen molar-refractivity contribution in [2.75, 3.05) is 7.11 Å². The molecule has 0 saturated carbocycles. The number of esters is 1. The highest BCUT2D eigenvalue weighted by molar-refractivity contribution is 5.87. The molecule has 2 aromatic carbocycles. The zero-order chi connectivity index (χ0) is 21.6. The van der Waals surface area contributed by atoms with Crippen LogP contribution in [0.1, 0.15) is 34.5 Å². The Morgan fingerprint density at radius 2 is 1.65 bits per heavy atom. The van der Waals surface area contributed by atoms with Crippen LogP contribution in [0.5, 0.6) is 0 Å². The third-order valence-electron chi connectivity index (χ3n) is 5.02. The van der Waals surface area contributed by atoms with Gasteiger partial charge in [0.2, 0.25) is 5.89 Å². The number of ether oxygens (including phenoxy) is 1. The van der Waals surface area contributed by atoms with E-state index in [1.165, 1.54) is 18.9 Å². The van der Waals surface area contributed by atoms with Gasteiger partial charge in [0.15, 0.2) is 5.76 Å². The Morgan fingerprint density at radius 3 is 2.32 bits per heavy atom. The number of aromatic nitrogens is 2. The highest BCUT2D eigenvalue weighted by Crippen LogP contribution is 2.26. The van der Waals surface area contributed by atoms with Crippen LogP contribution in [0.2, 0.25) is 0 Å². The lowest BCUT2D eigenvalue weighted by Gasteiger charge is -2.08. The van der Waals surface area contributed by atoms with Gasteiger partial charge in [-0.1, -0.05) is 54.6 Å². The number of aliphatic hydroxyl groups excluding tert-OH is 1. The van der Waals surface area contributed by atoms with Crippen LogP contribution >= 0.6 is 0 Å². The number of carbonyl (C=O) groups excluding carboxylic acids is 1. The molecule has 2 heterocycles. The summed E-state index contributed by atoms with van der Waals surface area (Å²) in [5, 5.41) is 10.5. The van der Waals surface area contributed by atoms with Crippen molar-refractivity contribution in [2.24, 2.45) is 0 Å². The summed E-state index contributed by atoms with van der Waals surface area (Å²) in [4.78, 5) is 19.7. The van der Waals surface area contributed by atoms with Crippen LogP contribution in [0.15, 0.2) is 83.5 Å². The molecule has 4 rings (SSSR count). The van der Waals surface area contributed by atoms with E-state index in [0.29, 0.717) is 24.2 Å². The Hall–Kier alpha value is -3.77. The van der Waals surface area contributed by atoms with E-state index in [2.05, 4.69) is 51.1 Å². The SMILES string of the molecule is COC(=O)c1ccc(-c2cnc(C(O)CCc3ccc(-c4ccccc4)cc3)o2)cn1. The minimum absolute atomic E-state index is 0.212. The smallest absolute Gasteiger partial charge is 0.356 e. The van der Waals surface area contributed by atoms with E-state index < -0.39 is 12.1 Å². The third-order valence-corrected chi connectivity index (χ3v) is 5.02. The number of aliphatic hydroxyl groups is 1. The Bertz CT molecular complexity index is 1140. The molecule has 1 N–H and O–H groups in total. The second-order valence-electron chi connectivity index (χ2n) is 7.10. The number of carbonyl (C=O) groups is 1. The molecule has 0 aliphatic carbocycles. The van der Waals surface area contributed by atoms with E-state index in [9.17, 15) is 9.90 Å². The average molecular weight is 414 g/mol. The minimum Gasteiger partial charge on any atom is -0.464 e. The maximum atomic E-state index is 11.5. The van der Waals surface area contributed by atoms with Gasteiger partial charge in [-0.2, -0.15) is 0 Å². The lowest BCUT2D eigenvalue weighted by Crippen LogP contribution is -2.03. The number of hydrogen-bond donors (Lipinski definition) is 1. The highest BCUT2D eigenvalue weighted by Gasteiger charge is 2.16. The van der Waals surface area contributed by atoms with Gasteiger partial charge in [-0.15, -0.1) is 0 Å². The summed E-state index contributed by atoms with van der Waals surface area (Å²) in [6.07, 6.45) is 3.43. The molecule has 0 amide bonds. The second-order valence-corrected chi connectivity index (χ2v) is 7.10. The van der Waals surface area contributed by atoms with Gasteiger partial charge in [0.25, 0.3) is 0 Å². The molecule has 0 aliphatic heterocycles. The molecule has 6 heteroatoms. The van der Waals surface area contributed by atoms with Crippen LogP contribution in [-0.4, -0.2) is 28.2 Å². The summed E-state index contributed by atoms with van der Waals surface area (Å²) in [5.74, 6) is 0.232. The van der Waals surface area contributed by atoms with Gasteiger partial charge in [-0.3, -0.25) is 0 Å². The first-order valence-electron chi connectivity index (χ1n) is 9.97. The van der Waals surface area contributed by atoms with Gasteiger partial charge in [-0.05, 0) is 41.7 Å². The van der Waals surface area contributed by atoms with E-state index in [-0.39, 0.29) is 11.6 Å². The molecule has 4 aromatic rings. The predicted molar refractivity (Wildman–Crippen MR) is 116 cm³/mol. The predicted octanol–water partition coefficient (Wildman–Crippen LogP) is 4.86. The van der Waals surface area contributed by atoms with Crippen molar-refractivity contribution < 1.29 is 19.1 Å². The molecule has 0 spiro atoms. The van der Waals surface area contributed by atoms with Gasteiger partial charge in [-0.25, -0.2) is 14.8 Å². The lowest BCUT2D eigenvalue weighted by molar-refractivity contribution is 0.0594. The summed E-state index contributed by atoms with van der Waals surface area (Å²) in [6, 6.07) is 21.8. The first-order valence-corrected chi connectivity index (χ1v) is 9.97. The van der Waals surface area contributed by atoms with Crippen LogP contribution in [0.4, 0.5) is 0 Å². The monoisotopic (exact) mass is 414 g/mol. The van der Waals surface area contributed by atoms with E-state index in [0.717, 1.165) is 11.1 Å². The lowest BCUT2D eigenvalue weighted by atomic mass is 10.0. The minimum atomic E-state index is -0.815. The molecule has 0 fully saturated rings. The molecule has 1 unspecified atom stereocenters. The van der Waals surface area contributed by atoms with Crippen LogP contribution < -0.4 is 0 Å². The molecule has 0 aliphatic rings. The van der Waals surface area contributed by atoms with Gasteiger partial charge < -0.3 is 14.3 Å². The molecule has 2 aromatic heterocycles. The van der Waals surface area contributed by atoms with E-state index in [1.807, 2.05) is 18.2 Å². The fraction of sp³-hybridized carbons (Fsp3) is 0.160. The van der Waals surface area contributed by atoms with Gasteiger partial charge in [0.05, 0.1) is 13.3 Å². The summed E-state index contributed by atoms with van der Waals surface area (Å²) >= 11 is 0. The summed E-state index contributed by atoms with van der Waals surface area (Å²) in [6.45, 7) is 0. The highest BCUT2D eigenvalue weighted by atomic mass is 16.5. The van der Waals surface area contributed by atoms with Crippen molar-refractivity contribution >= 4 is 5.97 Å². The summed E-state index contributed by atoms with van der Waals surface area (Å²) < 4.78 is 10.3. The van der Waals surface area contributed by atoms with E-state index in [4.69, 9.17) is 4.42 Å². The maximum absolute atomic E-state index is 11.5. The molecule has 1 atom stereocenters. The second kappa shape index (κ2) is 9.36. The number of nitrogens with zero attached hydrogens (tertiary/aromatic N) is 2. The standard InChI is InChI=1S/C25H22N2O4/c1-30-25(29)21-13-12-20(15-26-21)23-16-27-24(31-23)22(28)14-9-17-7-10-19(11-8-17)18-5-3-2-4-6-18/h2-8,10-13,15-16,22,28H,9,14H2,1H3. The number of oxazole rings is 1. The Kier molecular flexibility index (Phi) is 6.19. The molecule has 0 bridgehead atoms. The van der Waals surface area contributed by atoms with Crippen molar-refractivity contribution in [3.63, 3.8) is 0 Å². The first kappa shape index (κ1) is 20.5. The number of benzene rings is 2. The van der Waals surface area contributed by atoms with E-state index >= 15 is 0 Å². The maximum Gasteiger partial charge on any atom is 0.356 e. The van der Waals surface area contributed by atoms with Crippen molar-refractivity contribution in [1.29, 1.82) is 0 Å². The molecular weight excluding hydrogens is 392 g/mol. The summed E-state index contributed by atoms with van der Waals surface area (Å²) in [5.41, 5.74) is 4.34. The van der Waals surface area contributed by atoms with Crippen LogP contribution in [0, 0.1) is 0 Å². The van der Waals surface area contributed by atoms with Gasteiger partial charge in [0.1, 0.15) is 11.8 Å². The zero-order valence-corrected chi connectivity index (χ0v) is 17.1. The fourth-order valence-electron chi connectivity index (χ4n) is 3.26. The van der Waals surface area contributed by atoms with E-state index in [1.54, 1.807) is 18.3 Å². The summed E-state index contributed by atoms with van der Waals surface area (Å²) in [7, 11) is 1.31. The van der Waals surface area contributed by atoms with Gasteiger partial charge >= 0.3 is 5.97 Å². The van der Waals surface area contributed by atoms with Crippen molar-refractivity contribution in [3.8, 4) is 22.5 Å². The molecule has 31 heavy (non-hydrogen) atoms. The molecule has 156 valence electrons. The Morgan fingerprint density at radius 1 is 0.935 bits per heavy atom. The average Bonchev–Trinajstić information content (AvgIpc) is 3.33. The van der Waals surface area contributed by atoms with Crippen molar-refractivity contribution in [2.45, 2.75) is 18.9 Å². The number of hydrogen-bond acceptors (Lipinski definition) is 6. The Labute approximate surface area is 180 Å². The normalized spacial score (nSPS) is 11.8. The first-order chi connectivity index (χ1) is 15.1.